The quantitative estimate of drug-likeness (QED) is 0.479. The van der Waals surface area contributed by atoms with Gasteiger partial charge in [-0.25, -0.2) is 5.43 Å². The van der Waals surface area contributed by atoms with E-state index < -0.39 is 0 Å². The summed E-state index contributed by atoms with van der Waals surface area (Å²) in [7, 11) is 0. The third-order valence-electron chi connectivity index (χ3n) is 3.45. The van der Waals surface area contributed by atoms with Crippen molar-refractivity contribution in [2.24, 2.45) is 5.84 Å². The molecule has 0 aromatic carbocycles. The highest BCUT2D eigenvalue weighted by atomic mass is 16.3. The maximum absolute atomic E-state index is 5.70. The van der Waals surface area contributed by atoms with Gasteiger partial charge in [0.05, 0.1) is 12.3 Å². The molecule has 0 spiro atoms. The number of rotatable bonds is 3. The lowest BCUT2D eigenvalue weighted by Crippen LogP contribution is -2.29. The summed E-state index contributed by atoms with van der Waals surface area (Å²) in [6, 6.07) is 2.18. The fraction of sp³-hybridized carbons (Fsp3) is 0.571. The summed E-state index contributed by atoms with van der Waals surface area (Å²) >= 11 is 0. The van der Waals surface area contributed by atoms with E-state index in [-0.39, 0.29) is 6.04 Å². The van der Waals surface area contributed by atoms with Crippen LogP contribution >= 0.6 is 0 Å². The molecule has 2 rings (SSSR count). The zero-order chi connectivity index (χ0) is 12.1. The van der Waals surface area contributed by atoms with E-state index in [2.05, 4.69) is 17.6 Å². The van der Waals surface area contributed by atoms with Gasteiger partial charge < -0.3 is 4.42 Å². The van der Waals surface area contributed by atoms with E-state index in [0.29, 0.717) is 0 Å². The second-order valence-electron chi connectivity index (χ2n) is 4.82. The van der Waals surface area contributed by atoms with Gasteiger partial charge in [0.25, 0.3) is 0 Å². The Labute approximate surface area is 103 Å². The highest BCUT2D eigenvalue weighted by Gasteiger charge is 2.17. The third kappa shape index (κ3) is 3.20. The predicted molar refractivity (Wildman–Crippen MR) is 69.3 cm³/mol. The molecule has 3 N–H and O–H groups in total. The number of hydrogen-bond acceptors (Lipinski definition) is 3. The van der Waals surface area contributed by atoms with Crippen LogP contribution in [0.5, 0.6) is 0 Å². The lowest BCUT2D eigenvalue weighted by atomic mass is 9.92. The second kappa shape index (κ2) is 6.03. The normalized spacial score (nSPS) is 19.3. The van der Waals surface area contributed by atoms with Crippen LogP contribution in [0.3, 0.4) is 0 Å². The molecule has 1 unspecified atom stereocenters. The van der Waals surface area contributed by atoms with Crippen molar-refractivity contribution in [2.75, 3.05) is 0 Å². The third-order valence-corrected chi connectivity index (χ3v) is 3.45. The van der Waals surface area contributed by atoms with E-state index in [9.17, 15) is 0 Å². The van der Waals surface area contributed by atoms with Gasteiger partial charge in [0.2, 0.25) is 0 Å². The fourth-order valence-electron chi connectivity index (χ4n) is 2.51. The van der Waals surface area contributed by atoms with E-state index in [1.165, 1.54) is 37.7 Å². The minimum absolute atomic E-state index is 0.116. The van der Waals surface area contributed by atoms with Crippen molar-refractivity contribution >= 4 is 0 Å². The molecule has 0 aliphatic heterocycles. The minimum atomic E-state index is 0.116. The lowest BCUT2D eigenvalue weighted by molar-refractivity contribution is 0.518. The van der Waals surface area contributed by atoms with Crippen LogP contribution < -0.4 is 11.3 Å². The average molecular weight is 234 g/mol. The molecule has 1 aliphatic carbocycles. The van der Waals surface area contributed by atoms with Crippen LogP contribution in [0.1, 0.15) is 55.9 Å². The van der Waals surface area contributed by atoms with E-state index in [1.807, 2.05) is 6.92 Å². The van der Waals surface area contributed by atoms with Crippen molar-refractivity contribution in [3.8, 4) is 0 Å². The first-order valence-corrected chi connectivity index (χ1v) is 6.51. The molecular weight excluding hydrogens is 212 g/mol. The smallest absolute Gasteiger partial charge is 0.101 e. The molecule has 17 heavy (non-hydrogen) atoms. The van der Waals surface area contributed by atoms with Gasteiger partial charge in [0, 0.05) is 5.56 Å². The van der Waals surface area contributed by atoms with E-state index in [4.69, 9.17) is 10.3 Å². The van der Waals surface area contributed by atoms with Gasteiger partial charge >= 0.3 is 0 Å². The Bertz CT molecular complexity index is 381. The largest absolute Gasteiger partial charge is 0.469 e. The standard InChI is InChI=1S/C14H22N2O/c1-11-9-13(10-17-11)14(16-15)12-7-5-3-2-4-6-8-12/h7,9-10,14,16H,2-6,8,15H2,1H3. The molecule has 0 radical (unpaired) electrons. The van der Waals surface area contributed by atoms with Gasteiger partial charge in [0.15, 0.2) is 0 Å². The van der Waals surface area contributed by atoms with Crippen LogP contribution in [-0.2, 0) is 0 Å². The van der Waals surface area contributed by atoms with Gasteiger partial charge in [-0.2, -0.15) is 0 Å². The molecule has 1 aromatic rings. The maximum Gasteiger partial charge on any atom is 0.101 e. The lowest BCUT2D eigenvalue weighted by Gasteiger charge is -2.20. The van der Waals surface area contributed by atoms with Gasteiger partial charge in [0.1, 0.15) is 5.76 Å². The zero-order valence-corrected chi connectivity index (χ0v) is 10.5. The molecule has 0 saturated heterocycles. The van der Waals surface area contributed by atoms with E-state index >= 15 is 0 Å². The average Bonchev–Trinajstić information content (AvgIpc) is 2.68. The summed E-state index contributed by atoms with van der Waals surface area (Å²) in [6.45, 7) is 1.96. The summed E-state index contributed by atoms with van der Waals surface area (Å²) in [5.74, 6) is 6.64. The highest BCUT2D eigenvalue weighted by Crippen LogP contribution is 2.29. The number of hydrazine groups is 1. The molecule has 1 aromatic heterocycles. The molecule has 94 valence electrons. The summed E-state index contributed by atoms with van der Waals surface area (Å²) < 4.78 is 5.37. The number of nitrogens with one attached hydrogen (secondary N) is 1. The van der Waals surface area contributed by atoms with Crippen molar-refractivity contribution in [1.82, 2.24) is 5.43 Å². The fourth-order valence-corrected chi connectivity index (χ4v) is 2.51. The summed E-state index contributed by atoms with van der Waals surface area (Å²) in [5, 5.41) is 0. The monoisotopic (exact) mass is 234 g/mol. The first kappa shape index (κ1) is 12.4. The van der Waals surface area contributed by atoms with Crippen LogP contribution in [0.4, 0.5) is 0 Å². The van der Waals surface area contributed by atoms with E-state index in [0.717, 1.165) is 17.7 Å². The molecule has 1 atom stereocenters. The molecule has 3 nitrogen and oxygen atoms in total. The van der Waals surface area contributed by atoms with Crippen molar-refractivity contribution in [3.05, 3.63) is 35.3 Å². The summed E-state index contributed by atoms with van der Waals surface area (Å²) in [6.07, 6.45) is 11.7. The van der Waals surface area contributed by atoms with Crippen molar-refractivity contribution < 1.29 is 4.42 Å². The van der Waals surface area contributed by atoms with Crippen molar-refractivity contribution in [2.45, 2.75) is 51.5 Å². The number of hydrogen-bond donors (Lipinski definition) is 2. The molecule has 1 aliphatic rings. The molecule has 0 bridgehead atoms. The van der Waals surface area contributed by atoms with Gasteiger partial charge in [-0.1, -0.05) is 24.5 Å². The molecule has 0 amide bonds. The second-order valence-corrected chi connectivity index (χ2v) is 4.82. The Morgan fingerprint density at radius 1 is 1.29 bits per heavy atom. The number of furan rings is 1. The number of nitrogens with two attached hydrogens (primary N) is 1. The number of allylic oxidation sites excluding steroid dienone is 1. The maximum atomic E-state index is 5.70. The Kier molecular flexibility index (Phi) is 4.40. The Morgan fingerprint density at radius 2 is 2.12 bits per heavy atom. The molecule has 3 heteroatoms. The predicted octanol–water partition coefficient (Wildman–Crippen LogP) is 3.37. The summed E-state index contributed by atoms with van der Waals surface area (Å²) in [4.78, 5) is 0. The first-order chi connectivity index (χ1) is 8.31. The Balaban J connectivity index is 2.16. The molecular formula is C14H22N2O. The van der Waals surface area contributed by atoms with Crippen molar-refractivity contribution in [3.63, 3.8) is 0 Å². The topological polar surface area (TPSA) is 51.2 Å². The molecule has 0 fully saturated rings. The van der Waals surface area contributed by atoms with Crippen LogP contribution in [0.2, 0.25) is 0 Å². The van der Waals surface area contributed by atoms with Crippen LogP contribution in [0, 0.1) is 6.92 Å². The van der Waals surface area contributed by atoms with Crippen LogP contribution in [0.15, 0.2) is 28.4 Å². The summed E-state index contributed by atoms with van der Waals surface area (Å²) in [5.41, 5.74) is 5.47. The minimum Gasteiger partial charge on any atom is -0.469 e. The number of aryl methyl sites for hydroxylation is 1. The SMILES string of the molecule is Cc1cc(C(NN)C2=CCCCCCC2)co1. The first-order valence-electron chi connectivity index (χ1n) is 6.51. The molecule has 0 saturated carbocycles. The Morgan fingerprint density at radius 3 is 2.82 bits per heavy atom. The Hall–Kier alpha value is -1.06. The van der Waals surface area contributed by atoms with E-state index in [1.54, 1.807) is 6.26 Å². The van der Waals surface area contributed by atoms with Gasteiger partial charge in [-0.15, -0.1) is 0 Å². The van der Waals surface area contributed by atoms with Gasteiger partial charge in [-0.3, -0.25) is 5.84 Å². The van der Waals surface area contributed by atoms with Crippen LogP contribution in [0.25, 0.3) is 0 Å². The zero-order valence-electron chi connectivity index (χ0n) is 10.5. The highest BCUT2D eigenvalue weighted by molar-refractivity contribution is 5.27. The van der Waals surface area contributed by atoms with Gasteiger partial charge in [-0.05, 0) is 38.7 Å². The molecule has 1 heterocycles. The van der Waals surface area contributed by atoms with Crippen LogP contribution in [-0.4, -0.2) is 0 Å². The van der Waals surface area contributed by atoms with Crippen molar-refractivity contribution in [1.29, 1.82) is 0 Å².